The molecule has 0 atom stereocenters. The van der Waals surface area contributed by atoms with Gasteiger partial charge in [-0.15, -0.1) is 0 Å². The first-order valence-corrected chi connectivity index (χ1v) is 10.7. The summed E-state index contributed by atoms with van der Waals surface area (Å²) in [6.45, 7) is 5.18. The van der Waals surface area contributed by atoms with E-state index in [1.54, 1.807) is 24.4 Å². The Kier molecular flexibility index (Phi) is 8.52. The Morgan fingerprint density at radius 3 is 2.41 bits per heavy atom. The van der Waals surface area contributed by atoms with Gasteiger partial charge in [-0.1, -0.05) is 23.7 Å². The molecule has 0 unspecified atom stereocenters. The molecule has 0 heterocycles. The number of halogens is 1. The Morgan fingerprint density at radius 1 is 0.938 bits per heavy atom. The average molecular weight is 453 g/mol. The fourth-order valence-electron chi connectivity index (χ4n) is 2.87. The second-order valence-electron chi connectivity index (χ2n) is 6.71. The molecular formula is C25H25ClN2O4. The summed E-state index contributed by atoms with van der Waals surface area (Å²) in [5, 5.41) is 4.71. The van der Waals surface area contributed by atoms with Crippen LogP contribution in [-0.2, 0) is 6.61 Å². The Balaban J connectivity index is 1.55. The SMILES string of the molecule is CCOc1ccc(C(=O)N/N=C/c2ccc(OCc3cccc(Cl)c3)cc2)cc1OCC. The highest BCUT2D eigenvalue weighted by Gasteiger charge is 2.11. The minimum atomic E-state index is -0.341. The predicted molar refractivity (Wildman–Crippen MR) is 126 cm³/mol. The lowest BCUT2D eigenvalue weighted by atomic mass is 10.2. The number of carbonyl (C=O) groups is 1. The summed E-state index contributed by atoms with van der Waals surface area (Å²) in [6, 6.07) is 20.0. The van der Waals surface area contributed by atoms with Gasteiger partial charge in [0.2, 0.25) is 0 Å². The van der Waals surface area contributed by atoms with Crippen molar-refractivity contribution in [2.45, 2.75) is 20.5 Å². The number of benzene rings is 3. The second kappa shape index (κ2) is 11.8. The molecule has 0 aliphatic carbocycles. The van der Waals surface area contributed by atoms with E-state index in [1.807, 2.05) is 62.4 Å². The molecule has 32 heavy (non-hydrogen) atoms. The molecule has 6 nitrogen and oxygen atoms in total. The van der Waals surface area contributed by atoms with Crippen LogP contribution in [0.25, 0.3) is 0 Å². The molecule has 166 valence electrons. The summed E-state index contributed by atoms with van der Waals surface area (Å²) in [4.78, 5) is 12.4. The molecule has 0 radical (unpaired) electrons. The van der Waals surface area contributed by atoms with Gasteiger partial charge in [-0.25, -0.2) is 5.43 Å². The van der Waals surface area contributed by atoms with E-state index in [2.05, 4.69) is 10.5 Å². The smallest absolute Gasteiger partial charge is 0.271 e. The van der Waals surface area contributed by atoms with Crippen molar-refractivity contribution >= 4 is 23.7 Å². The van der Waals surface area contributed by atoms with E-state index in [9.17, 15) is 4.79 Å². The molecule has 3 rings (SSSR count). The van der Waals surface area contributed by atoms with Gasteiger partial charge in [0.1, 0.15) is 12.4 Å². The van der Waals surface area contributed by atoms with Crippen LogP contribution in [0.3, 0.4) is 0 Å². The van der Waals surface area contributed by atoms with Crippen molar-refractivity contribution in [1.82, 2.24) is 5.43 Å². The maximum Gasteiger partial charge on any atom is 0.271 e. The maximum absolute atomic E-state index is 12.4. The van der Waals surface area contributed by atoms with Gasteiger partial charge in [0.25, 0.3) is 5.91 Å². The third-order valence-corrected chi connectivity index (χ3v) is 4.60. The molecule has 1 N–H and O–H groups in total. The van der Waals surface area contributed by atoms with Crippen LogP contribution in [0.4, 0.5) is 0 Å². The van der Waals surface area contributed by atoms with Crippen molar-refractivity contribution in [1.29, 1.82) is 0 Å². The highest BCUT2D eigenvalue weighted by atomic mass is 35.5. The first-order chi connectivity index (χ1) is 15.6. The monoisotopic (exact) mass is 452 g/mol. The lowest BCUT2D eigenvalue weighted by molar-refractivity contribution is 0.0954. The number of carbonyl (C=O) groups excluding carboxylic acids is 1. The lowest BCUT2D eigenvalue weighted by Crippen LogP contribution is -2.17. The van der Waals surface area contributed by atoms with E-state index in [0.29, 0.717) is 41.9 Å². The van der Waals surface area contributed by atoms with Crippen LogP contribution in [0.2, 0.25) is 5.02 Å². The fraction of sp³-hybridized carbons (Fsp3) is 0.200. The van der Waals surface area contributed by atoms with Crippen molar-refractivity contribution < 1.29 is 19.0 Å². The molecule has 0 aromatic heterocycles. The number of hydrazone groups is 1. The van der Waals surface area contributed by atoms with Crippen molar-refractivity contribution in [3.8, 4) is 17.2 Å². The quantitative estimate of drug-likeness (QED) is 0.326. The summed E-state index contributed by atoms with van der Waals surface area (Å²) in [5.74, 6) is 1.52. The molecule has 0 saturated heterocycles. The zero-order valence-electron chi connectivity index (χ0n) is 18.0. The number of rotatable bonds is 10. The summed E-state index contributed by atoms with van der Waals surface area (Å²) < 4.78 is 16.8. The van der Waals surface area contributed by atoms with Crippen molar-refractivity contribution in [2.24, 2.45) is 5.10 Å². The summed E-state index contributed by atoms with van der Waals surface area (Å²) in [6.07, 6.45) is 1.57. The lowest BCUT2D eigenvalue weighted by Gasteiger charge is -2.11. The van der Waals surface area contributed by atoms with Crippen LogP contribution >= 0.6 is 11.6 Å². The van der Waals surface area contributed by atoms with Gasteiger partial charge in [-0.05, 0) is 79.6 Å². The molecule has 0 saturated carbocycles. The van der Waals surface area contributed by atoms with Crippen LogP contribution in [0.1, 0.15) is 35.3 Å². The molecule has 0 fully saturated rings. The Labute approximate surface area is 192 Å². The van der Waals surface area contributed by atoms with Gasteiger partial charge in [0.05, 0.1) is 19.4 Å². The van der Waals surface area contributed by atoms with Crippen molar-refractivity contribution in [3.63, 3.8) is 0 Å². The van der Waals surface area contributed by atoms with Crippen LogP contribution in [0, 0.1) is 0 Å². The zero-order chi connectivity index (χ0) is 22.8. The molecule has 0 bridgehead atoms. The number of nitrogens with one attached hydrogen (secondary N) is 1. The molecule has 0 aliphatic rings. The number of hydrogen-bond donors (Lipinski definition) is 1. The fourth-order valence-corrected chi connectivity index (χ4v) is 3.08. The first kappa shape index (κ1) is 23.2. The van der Waals surface area contributed by atoms with Crippen molar-refractivity contribution in [3.05, 3.63) is 88.4 Å². The summed E-state index contributed by atoms with van der Waals surface area (Å²) >= 11 is 5.99. The van der Waals surface area contributed by atoms with E-state index < -0.39 is 0 Å². The highest BCUT2D eigenvalue weighted by Crippen LogP contribution is 2.28. The third kappa shape index (κ3) is 6.75. The topological polar surface area (TPSA) is 69.2 Å². The molecule has 7 heteroatoms. The largest absolute Gasteiger partial charge is 0.490 e. The zero-order valence-corrected chi connectivity index (χ0v) is 18.8. The number of ether oxygens (including phenoxy) is 3. The van der Waals surface area contributed by atoms with Crippen LogP contribution < -0.4 is 19.6 Å². The van der Waals surface area contributed by atoms with Crippen molar-refractivity contribution in [2.75, 3.05) is 13.2 Å². The molecule has 3 aromatic rings. The van der Waals surface area contributed by atoms with Gasteiger partial charge < -0.3 is 14.2 Å². The minimum Gasteiger partial charge on any atom is -0.490 e. The van der Waals surface area contributed by atoms with Gasteiger partial charge >= 0.3 is 0 Å². The Bertz CT molecular complexity index is 1070. The first-order valence-electron chi connectivity index (χ1n) is 10.3. The van der Waals surface area contributed by atoms with Gasteiger partial charge in [-0.3, -0.25) is 4.79 Å². The molecule has 0 spiro atoms. The van der Waals surface area contributed by atoms with E-state index in [1.165, 1.54) is 0 Å². The average Bonchev–Trinajstić information content (AvgIpc) is 2.80. The van der Waals surface area contributed by atoms with Crippen LogP contribution in [0.5, 0.6) is 17.2 Å². The second-order valence-corrected chi connectivity index (χ2v) is 7.15. The normalized spacial score (nSPS) is 10.7. The standard InChI is InChI=1S/C25H25ClN2O4/c1-3-30-23-13-10-20(15-24(23)31-4-2)25(29)28-27-16-18-8-11-22(12-9-18)32-17-19-6-5-7-21(26)14-19/h5-16H,3-4,17H2,1-2H3,(H,28,29)/b27-16+. The Morgan fingerprint density at radius 2 is 1.69 bits per heavy atom. The third-order valence-electron chi connectivity index (χ3n) is 4.36. The van der Waals surface area contributed by atoms with Crippen LogP contribution in [-0.4, -0.2) is 25.3 Å². The van der Waals surface area contributed by atoms with Crippen LogP contribution in [0.15, 0.2) is 71.8 Å². The predicted octanol–water partition coefficient (Wildman–Crippen LogP) is 5.48. The van der Waals surface area contributed by atoms with E-state index in [0.717, 1.165) is 16.9 Å². The highest BCUT2D eigenvalue weighted by molar-refractivity contribution is 6.30. The molecule has 3 aromatic carbocycles. The molecular weight excluding hydrogens is 428 g/mol. The molecule has 1 amide bonds. The minimum absolute atomic E-state index is 0.341. The van der Waals surface area contributed by atoms with E-state index in [-0.39, 0.29) is 5.91 Å². The maximum atomic E-state index is 12.4. The van der Waals surface area contributed by atoms with Gasteiger partial charge in [0, 0.05) is 10.6 Å². The number of hydrogen-bond acceptors (Lipinski definition) is 5. The molecule has 0 aliphatic heterocycles. The van der Waals surface area contributed by atoms with E-state index >= 15 is 0 Å². The number of amides is 1. The van der Waals surface area contributed by atoms with E-state index in [4.69, 9.17) is 25.8 Å². The summed E-state index contributed by atoms with van der Waals surface area (Å²) in [5.41, 5.74) is 4.77. The Hall–Kier alpha value is -3.51. The van der Waals surface area contributed by atoms with Gasteiger partial charge in [0.15, 0.2) is 11.5 Å². The summed E-state index contributed by atoms with van der Waals surface area (Å²) in [7, 11) is 0. The number of nitrogens with zero attached hydrogens (tertiary/aromatic N) is 1. The van der Waals surface area contributed by atoms with Gasteiger partial charge in [-0.2, -0.15) is 5.10 Å².